The number of ketones is 1. The van der Waals surface area contributed by atoms with Crippen LogP contribution in [0.15, 0.2) is 36.4 Å². The van der Waals surface area contributed by atoms with Gasteiger partial charge in [0.05, 0.1) is 26.6 Å². The maximum absolute atomic E-state index is 12.0. The van der Waals surface area contributed by atoms with Gasteiger partial charge < -0.3 is 14.2 Å². The second-order valence-corrected chi connectivity index (χ2v) is 6.33. The molecule has 0 fully saturated rings. The average Bonchev–Trinajstić information content (AvgIpc) is 3.13. The Hall–Kier alpha value is -3.10. The standard InChI is InChI=1S/C18H11Cl2NO7/c19-12-3-1-11(5-13(12)20)15(22)8-26-18(23)4-2-10-6-16-17(28-9-27-16)7-14(10)21(24)25/h1-7H,8-9H2/b4-2+. The molecular formula is C18H11Cl2NO7. The van der Waals surface area contributed by atoms with Gasteiger partial charge in [0.15, 0.2) is 23.9 Å². The number of hydrogen-bond donors (Lipinski definition) is 0. The van der Waals surface area contributed by atoms with Crippen LogP contribution in [-0.2, 0) is 9.53 Å². The SMILES string of the molecule is O=C(/C=C/c1cc2c(cc1[N+](=O)[O-])OCO2)OCC(=O)c1ccc(Cl)c(Cl)c1. The molecule has 144 valence electrons. The summed E-state index contributed by atoms with van der Waals surface area (Å²) in [7, 11) is 0. The molecule has 1 heterocycles. The van der Waals surface area contributed by atoms with Crippen LogP contribution < -0.4 is 9.47 Å². The van der Waals surface area contributed by atoms with Crippen LogP contribution in [-0.4, -0.2) is 30.1 Å². The molecule has 28 heavy (non-hydrogen) atoms. The van der Waals surface area contributed by atoms with Gasteiger partial charge in [-0.15, -0.1) is 0 Å². The predicted molar refractivity (Wildman–Crippen MR) is 100 cm³/mol. The van der Waals surface area contributed by atoms with E-state index in [0.29, 0.717) is 10.8 Å². The Labute approximate surface area is 168 Å². The Morgan fingerprint density at radius 3 is 2.54 bits per heavy atom. The summed E-state index contributed by atoms with van der Waals surface area (Å²) in [5.74, 6) is -0.748. The average molecular weight is 424 g/mol. The van der Waals surface area contributed by atoms with Gasteiger partial charge in [0.1, 0.15) is 0 Å². The van der Waals surface area contributed by atoms with Crippen LogP contribution in [0.5, 0.6) is 11.5 Å². The Bertz CT molecular complexity index is 1000. The molecule has 0 bridgehead atoms. The first-order valence-electron chi connectivity index (χ1n) is 7.76. The quantitative estimate of drug-likeness (QED) is 0.226. The topological polar surface area (TPSA) is 105 Å². The number of benzene rings is 2. The number of hydrogen-bond acceptors (Lipinski definition) is 7. The van der Waals surface area contributed by atoms with Crippen LogP contribution in [0.3, 0.4) is 0 Å². The van der Waals surface area contributed by atoms with Crippen molar-refractivity contribution in [1.29, 1.82) is 0 Å². The molecule has 0 aromatic heterocycles. The fourth-order valence-electron chi connectivity index (χ4n) is 2.33. The summed E-state index contributed by atoms with van der Waals surface area (Å²) in [6.45, 7) is -0.567. The fraction of sp³-hybridized carbons (Fsp3) is 0.111. The van der Waals surface area contributed by atoms with Crippen molar-refractivity contribution < 1.29 is 28.7 Å². The molecule has 0 saturated heterocycles. The van der Waals surface area contributed by atoms with E-state index in [1.54, 1.807) is 0 Å². The van der Waals surface area contributed by atoms with Crippen molar-refractivity contribution in [3.63, 3.8) is 0 Å². The second-order valence-electron chi connectivity index (χ2n) is 5.51. The summed E-state index contributed by atoms with van der Waals surface area (Å²) in [5.41, 5.74) is 0.0970. The molecule has 10 heteroatoms. The predicted octanol–water partition coefficient (Wildman–Crippen LogP) is 4.07. The second kappa shape index (κ2) is 8.28. The van der Waals surface area contributed by atoms with E-state index in [2.05, 4.69) is 0 Å². The Morgan fingerprint density at radius 2 is 1.86 bits per heavy atom. The van der Waals surface area contributed by atoms with Crippen LogP contribution in [0, 0.1) is 10.1 Å². The highest BCUT2D eigenvalue weighted by Crippen LogP contribution is 2.38. The summed E-state index contributed by atoms with van der Waals surface area (Å²) in [5, 5.41) is 11.7. The third kappa shape index (κ3) is 4.41. The Kier molecular flexibility index (Phi) is 5.81. The zero-order valence-corrected chi connectivity index (χ0v) is 15.5. The Morgan fingerprint density at radius 1 is 1.14 bits per heavy atom. The van der Waals surface area contributed by atoms with E-state index in [-0.39, 0.29) is 34.4 Å². The third-order valence-corrected chi connectivity index (χ3v) is 4.44. The number of carbonyl (C=O) groups is 2. The van der Waals surface area contributed by atoms with Crippen molar-refractivity contribution in [1.82, 2.24) is 0 Å². The first kappa shape index (κ1) is 19.7. The van der Waals surface area contributed by atoms with E-state index in [4.69, 9.17) is 37.4 Å². The zero-order valence-electron chi connectivity index (χ0n) is 14.0. The first-order valence-corrected chi connectivity index (χ1v) is 8.52. The van der Waals surface area contributed by atoms with Gasteiger partial charge in [0.2, 0.25) is 6.79 Å². The molecule has 0 spiro atoms. The van der Waals surface area contributed by atoms with Crippen molar-refractivity contribution >= 4 is 46.7 Å². The number of ether oxygens (including phenoxy) is 3. The lowest BCUT2D eigenvalue weighted by Gasteiger charge is -2.04. The van der Waals surface area contributed by atoms with Gasteiger partial charge in [0.25, 0.3) is 5.69 Å². The number of rotatable bonds is 6. The molecule has 1 aliphatic heterocycles. The zero-order chi connectivity index (χ0) is 20.3. The molecule has 0 radical (unpaired) electrons. The number of nitro benzene ring substituents is 1. The molecule has 0 N–H and O–H groups in total. The number of Topliss-reactive ketones (excluding diaryl/α,β-unsaturated/α-hetero) is 1. The van der Waals surface area contributed by atoms with Crippen molar-refractivity contribution in [2.75, 3.05) is 13.4 Å². The van der Waals surface area contributed by atoms with Crippen molar-refractivity contribution in [2.24, 2.45) is 0 Å². The number of nitro groups is 1. The minimum Gasteiger partial charge on any atom is -0.454 e. The van der Waals surface area contributed by atoms with Gasteiger partial charge in [-0.1, -0.05) is 23.2 Å². The molecular weight excluding hydrogens is 413 g/mol. The van der Waals surface area contributed by atoms with Gasteiger partial charge in [-0.3, -0.25) is 14.9 Å². The van der Waals surface area contributed by atoms with E-state index < -0.39 is 23.3 Å². The maximum Gasteiger partial charge on any atom is 0.331 e. The van der Waals surface area contributed by atoms with E-state index in [0.717, 1.165) is 6.08 Å². The van der Waals surface area contributed by atoms with Crippen molar-refractivity contribution in [2.45, 2.75) is 0 Å². The Balaban J connectivity index is 1.66. The largest absolute Gasteiger partial charge is 0.454 e. The van der Waals surface area contributed by atoms with Crippen LogP contribution in [0.2, 0.25) is 10.0 Å². The molecule has 0 unspecified atom stereocenters. The maximum atomic E-state index is 12.0. The van der Waals surface area contributed by atoms with E-state index in [1.807, 2.05) is 0 Å². The van der Waals surface area contributed by atoms with Crippen LogP contribution in [0.4, 0.5) is 5.69 Å². The molecule has 1 aliphatic rings. The van der Waals surface area contributed by atoms with Gasteiger partial charge in [-0.2, -0.15) is 0 Å². The minimum atomic E-state index is -0.847. The van der Waals surface area contributed by atoms with Crippen molar-refractivity contribution in [3.8, 4) is 11.5 Å². The molecule has 0 aliphatic carbocycles. The molecule has 0 saturated carbocycles. The van der Waals surface area contributed by atoms with Crippen LogP contribution in [0.25, 0.3) is 6.08 Å². The third-order valence-electron chi connectivity index (χ3n) is 3.70. The monoisotopic (exact) mass is 423 g/mol. The number of nitrogens with zero attached hydrogens (tertiary/aromatic N) is 1. The fourth-order valence-corrected chi connectivity index (χ4v) is 2.63. The smallest absolute Gasteiger partial charge is 0.331 e. The summed E-state index contributed by atoms with van der Waals surface area (Å²) in [6.07, 6.45) is 2.18. The number of carbonyl (C=O) groups excluding carboxylic acids is 2. The van der Waals surface area contributed by atoms with E-state index in [9.17, 15) is 19.7 Å². The lowest BCUT2D eigenvalue weighted by molar-refractivity contribution is -0.385. The summed E-state index contributed by atoms with van der Waals surface area (Å²) >= 11 is 11.6. The number of esters is 1. The number of fused-ring (bicyclic) bond motifs is 1. The van der Waals surface area contributed by atoms with E-state index in [1.165, 1.54) is 36.4 Å². The molecule has 2 aromatic rings. The summed E-state index contributed by atoms with van der Waals surface area (Å²) < 4.78 is 15.1. The van der Waals surface area contributed by atoms with Gasteiger partial charge in [0, 0.05) is 11.6 Å². The molecule has 0 atom stereocenters. The van der Waals surface area contributed by atoms with Crippen LogP contribution in [0.1, 0.15) is 15.9 Å². The van der Waals surface area contributed by atoms with Crippen LogP contribution >= 0.6 is 23.2 Å². The van der Waals surface area contributed by atoms with Gasteiger partial charge in [-0.25, -0.2) is 4.79 Å². The summed E-state index contributed by atoms with van der Waals surface area (Å²) in [6, 6.07) is 6.87. The molecule has 2 aromatic carbocycles. The summed E-state index contributed by atoms with van der Waals surface area (Å²) in [4.78, 5) is 34.5. The van der Waals surface area contributed by atoms with Gasteiger partial charge >= 0.3 is 5.97 Å². The lowest BCUT2D eigenvalue weighted by Crippen LogP contribution is -2.12. The molecule has 8 nitrogen and oxygen atoms in total. The molecule has 3 rings (SSSR count). The molecule has 0 amide bonds. The van der Waals surface area contributed by atoms with Gasteiger partial charge in [-0.05, 0) is 30.3 Å². The minimum absolute atomic E-state index is 0.0431. The normalized spacial score (nSPS) is 12.2. The van der Waals surface area contributed by atoms with Crippen molar-refractivity contribution in [3.05, 3.63) is 67.7 Å². The first-order chi connectivity index (χ1) is 13.3. The highest BCUT2D eigenvalue weighted by molar-refractivity contribution is 6.42. The number of halogens is 2. The lowest BCUT2D eigenvalue weighted by atomic mass is 10.1. The van der Waals surface area contributed by atoms with E-state index >= 15 is 0 Å². The highest BCUT2D eigenvalue weighted by atomic mass is 35.5. The highest BCUT2D eigenvalue weighted by Gasteiger charge is 2.22.